The molecule has 19 heavy (non-hydrogen) atoms. The Balaban J connectivity index is 2.26. The Hall–Kier alpha value is -1.84. The lowest BCUT2D eigenvalue weighted by molar-refractivity contribution is 0.297. The lowest BCUT2D eigenvalue weighted by atomic mass is 9.85. The monoisotopic (exact) mass is 259 g/mol. The molecular formula is C15H21N3O. The van der Waals surface area contributed by atoms with Crippen LogP contribution in [0, 0.1) is 5.41 Å². The third-order valence-electron chi connectivity index (χ3n) is 3.02. The fraction of sp³-hybridized carbons (Fsp3) is 0.467. The van der Waals surface area contributed by atoms with Gasteiger partial charge in [0, 0.05) is 18.8 Å². The molecule has 1 N–H and O–H groups in total. The maximum absolute atomic E-state index is 5.88. The van der Waals surface area contributed by atoms with Gasteiger partial charge in [0.15, 0.2) is 0 Å². The average molecular weight is 259 g/mol. The maximum Gasteiger partial charge on any atom is 0.223 e. The molecule has 4 nitrogen and oxygen atoms in total. The summed E-state index contributed by atoms with van der Waals surface area (Å²) in [5.41, 5.74) is 0.00205. The van der Waals surface area contributed by atoms with Crippen molar-refractivity contribution in [1.82, 2.24) is 9.97 Å². The van der Waals surface area contributed by atoms with Gasteiger partial charge in [-0.3, -0.25) is 0 Å². The van der Waals surface area contributed by atoms with Crippen molar-refractivity contribution in [2.75, 3.05) is 5.32 Å². The van der Waals surface area contributed by atoms with Gasteiger partial charge in [0.1, 0.15) is 11.5 Å². The quantitative estimate of drug-likeness (QED) is 0.906. The van der Waals surface area contributed by atoms with Crippen LogP contribution in [0.3, 0.4) is 0 Å². The number of rotatable bonds is 4. The number of nitrogens with zero attached hydrogens (tertiary/aromatic N) is 2. The van der Waals surface area contributed by atoms with Crippen molar-refractivity contribution in [3.8, 4) is 0 Å². The molecule has 0 fully saturated rings. The molecule has 1 unspecified atom stereocenters. The maximum atomic E-state index is 5.88. The zero-order valence-electron chi connectivity index (χ0n) is 12.0. The van der Waals surface area contributed by atoms with Crippen molar-refractivity contribution in [2.24, 2.45) is 5.41 Å². The molecule has 0 aliphatic carbocycles. The lowest BCUT2D eigenvalue weighted by Gasteiger charge is -2.29. The number of hydrogen-bond donors (Lipinski definition) is 1. The fourth-order valence-corrected chi connectivity index (χ4v) is 1.96. The summed E-state index contributed by atoms with van der Waals surface area (Å²) in [6.07, 6.45) is 4.36. The van der Waals surface area contributed by atoms with Gasteiger partial charge >= 0.3 is 0 Å². The van der Waals surface area contributed by atoms with Gasteiger partial charge in [0.05, 0.1) is 6.04 Å². The van der Waals surface area contributed by atoms with Crippen LogP contribution < -0.4 is 5.32 Å². The molecule has 102 valence electrons. The highest BCUT2D eigenvalue weighted by Gasteiger charge is 2.29. The molecule has 0 amide bonds. The van der Waals surface area contributed by atoms with E-state index in [1.165, 1.54) is 0 Å². The van der Waals surface area contributed by atoms with Crippen molar-refractivity contribution >= 4 is 5.95 Å². The molecule has 0 bridgehead atoms. The third kappa shape index (κ3) is 3.34. The van der Waals surface area contributed by atoms with Crippen LogP contribution in [0.5, 0.6) is 0 Å². The fourth-order valence-electron chi connectivity index (χ4n) is 1.96. The van der Waals surface area contributed by atoms with E-state index in [2.05, 4.69) is 43.0 Å². The van der Waals surface area contributed by atoms with Crippen LogP contribution in [-0.4, -0.2) is 9.97 Å². The minimum Gasteiger partial charge on any atom is -0.464 e. The normalized spacial score (nSPS) is 13.3. The second-order valence-corrected chi connectivity index (χ2v) is 5.67. The van der Waals surface area contributed by atoms with Gasteiger partial charge in [-0.15, -0.1) is 0 Å². The van der Waals surface area contributed by atoms with Crippen molar-refractivity contribution in [3.05, 3.63) is 42.1 Å². The SMILES string of the molecule is CCc1ccc(C(Nc2ncccn2)C(C)(C)C)o1. The number of aryl methyl sites for hydroxylation is 1. The second kappa shape index (κ2) is 5.43. The van der Waals surface area contributed by atoms with E-state index in [9.17, 15) is 0 Å². The Morgan fingerprint density at radius 3 is 2.42 bits per heavy atom. The lowest BCUT2D eigenvalue weighted by Crippen LogP contribution is -2.26. The van der Waals surface area contributed by atoms with Gasteiger partial charge in [-0.05, 0) is 23.6 Å². The first-order valence-electron chi connectivity index (χ1n) is 6.63. The molecule has 0 aliphatic heterocycles. The van der Waals surface area contributed by atoms with E-state index in [0.29, 0.717) is 5.95 Å². The standard InChI is InChI=1S/C15H21N3O/c1-5-11-7-8-12(19-11)13(15(2,3)4)18-14-16-9-6-10-17-14/h6-10,13H,5H2,1-4H3,(H,16,17,18). The van der Waals surface area contributed by atoms with E-state index in [-0.39, 0.29) is 11.5 Å². The molecule has 1 atom stereocenters. The van der Waals surface area contributed by atoms with Crippen molar-refractivity contribution in [3.63, 3.8) is 0 Å². The van der Waals surface area contributed by atoms with Gasteiger partial charge < -0.3 is 9.73 Å². The first kappa shape index (κ1) is 13.6. The van der Waals surface area contributed by atoms with Crippen LogP contribution in [0.1, 0.15) is 45.3 Å². The number of anilines is 1. The van der Waals surface area contributed by atoms with Crippen molar-refractivity contribution < 1.29 is 4.42 Å². The van der Waals surface area contributed by atoms with E-state index in [1.807, 2.05) is 12.1 Å². The molecular weight excluding hydrogens is 238 g/mol. The van der Waals surface area contributed by atoms with E-state index in [0.717, 1.165) is 17.9 Å². The number of furan rings is 1. The Labute approximate surface area is 114 Å². The Kier molecular flexibility index (Phi) is 3.88. The smallest absolute Gasteiger partial charge is 0.223 e. The summed E-state index contributed by atoms with van der Waals surface area (Å²) in [6.45, 7) is 8.59. The predicted octanol–water partition coefficient (Wildman–Crippen LogP) is 3.83. The highest BCUT2D eigenvalue weighted by molar-refractivity contribution is 5.29. The Morgan fingerprint density at radius 1 is 1.21 bits per heavy atom. The van der Waals surface area contributed by atoms with Crippen LogP contribution in [0.2, 0.25) is 0 Å². The molecule has 4 heteroatoms. The van der Waals surface area contributed by atoms with Crippen molar-refractivity contribution in [1.29, 1.82) is 0 Å². The minimum atomic E-state index is 0.00205. The van der Waals surface area contributed by atoms with Crippen molar-refractivity contribution in [2.45, 2.75) is 40.2 Å². The number of nitrogens with one attached hydrogen (secondary N) is 1. The van der Waals surface area contributed by atoms with Gasteiger partial charge in [0.2, 0.25) is 5.95 Å². The summed E-state index contributed by atoms with van der Waals surface area (Å²) < 4.78 is 5.88. The summed E-state index contributed by atoms with van der Waals surface area (Å²) in [4.78, 5) is 8.44. The first-order chi connectivity index (χ1) is 9.00. The van der Waals surface area contributed by atoms with Gasteiger partial charge in [-0.25, -0.2) is 9.97 Å². The molecule has 0 saturated heterocycles. The summed E-state index contributed by atoms with van der Waals surface area (Å²) in [5, 5.41) is 3.36. The molecule has 0 spiro atoms. The van der Waals surface area contributed by atoms with Gasteiger partial charge in [0.25, 0.3) is 0 Å². The van der Waals surface area contributed by atoms with E-state index in [4.69, 9.17) is 4.42 Å². The Morgan fingerprint density at radius 2 is 1.89 bits per heavy atom. The molecule has 0 saturated carbocycles. The molecule has 2 heterocycles. The van der Waals surface area contributed by atoms with Crippen LogP contribution in [0.4, 0.5) is 5.95 Å². The third-order valence-corrected chi connectivity index (χ3v) is 3.02. The summed E-state index contributed by atoms with van der Waals surface area (Å²) in [7, 11) is 0. The Bertz CT molecular complexity index is 514. The first-order valence-corrected chi connectivity index (χ1v) is 6.63. The summed E-state index contributed by atoms with van der Waals surface area (Å²) >= 11 is 0. The van der Waals surface area contributed by atoms with Gasteiger partial charge in [-0.2, -0.15) is 0 Å². The van der Waals surface area contributed by atoms with E-state index >= 15 is 0 Å². The summed E-state index contributed by atoms with van der Waals surface area (Å²) in [5.74, 6) is 2.55. The minimum absolute atomic E-state index is 0.00205. The second-order valence-electron chi connectivity index (χ2n) is 5.67. The molecule has 0 radical (unpaired) electrons. The zero-order valence-corrected chi connectivity index (χ0v) is 12.0. The van der Waals surface area contributed by atoms with Crippen LogP contribution >= 0.6 is 0 Å². The molecule has 2 rings (SSSR count). The van der Waals surface area contributed by atoms with E-state index in [1.54, 1.807) is 18.5 Å². The highest BCUT2D eigenvalue weighted by atomic mass is 16.3. The molecule has 2 aromatic rings. The van der Waals surface area contributed by atoms with Crippen LogP contribution in [0.25, 0.3) is 0 Å². The van der Waals surface area contributed by atoms with Crippen LogP contribution in [-0.2, 0) is 6.42 Å². The molecule has 2 aromatic heterocycles. The van der Waals surface area contributed by atoms with E-state index < -0.39 is 0 Å². The highest BCUT2D eigenvalue weighted by Crippen LogP contribution is 2.35. The molecule has 0 aromatic carbocycles. The average Bonchev–Trinajstić information content (AvgIpc) is 2.84. The number of hydrogen-bond acceptors (Lipinski definition) is 4. The molecule has 0 aliphatic rings. The predicted molar refractivity (Wildman–Crippen MR) is 75.9 cm³/mol. The number of aromatic nitrogens is 2. The topological polar surface area (TPSA) is 51.0 Å². The summed E-state index contributed by atoms with van der Waals surface area (Å²) in [6, 6.07) is 5.90. The van der Waals surface area contributed by atoms with Crippen LogP contribution in [0.15, 0.2) is 35.0 Å². The largest absolute Gasteiger partial charge is 0.464 e. The zero-order chi connectivity index (χ0) is 13.9. The van der Waals surface area contributed by atoms with Gasteiger partial charge in [-0.1, -0.05) is 27.7 Å².